The molecule has 0 amide bonds. The van der Waals surface area contributed by atoms with Gasteiger partial charge in [0.2, 0.25) is 0 Å². The fourth-order valence-corrected chi connectivity index (χ4v) is 2.99. The Hall–Kier alpha value is -3.11. The van der Waals surface area contributed by atoms with Gasteiger partial charge in [-0.05, 0) is 41.1 Å². The van der Waals surface area contributed by atoms with Crippen LogP contribution in [-0.4, -0.2) is 17.4 Å². The van der Waals surface area contributed by atoms with Crippen LogP contribution in [0, 0.1) is 0 Å². The first-order valence-corrected chi connectivity index (χ1v) is 8.03. The summed E-state index contributed by atoms with van der Waals surface area (Å²) in [4.78, 5) is 0. The predicted molar refractivity (Wildman–Crippen MR) is 97.4 cm³/mol. The Morgan fingerprint density at radius 2 is 1.64 bits per heavy atom. The number of rotatable bonds is 4. The Labute approximate surface area is 145 Å². The summed E-state index contributed by atoms with van der Waals surface area (Å²) in [5.41, 5.74) is 3.12. The molecule has 0 saturated heterocycles. The molecule has 0 bridgehead atoms. The molecular weight excluding hydrogens is 314 g/mol. The average molecular weight is 331 g/mol. The number of fused-ring (bicyclic) bond motifs is 1. The predicted octanol–water partition coefficient (Wildman–Crippen LogP) is 4.66. The highest BCUT2D eigenvalue weighted by Crippen LogP contribution is 2.34. The van der Waals surface area contributed by atoms with Gasteiger partial charge in [0, 0.05) is 11.1 Å². The minimum absolute atomic E-state index is 0.146. The minimum Gasteiger partial charge on any atom is -0.497 e. The van der Waals surface area contributed by atoms with Crippen LogP contribution in [0.1, 0.15) is 5.56 Å². The van der Waals surface area contributed by atoms with Crippen molar-refractivity contribution < 1.29 is 14.4 Å². The summed E-state index contributed by atoms with van der Waals surface area (Å²) in [6.07, 6.45) is 0. The molecule has 124 valence electrons. The van der Waals surface area contributed by atoms with Crippen molar-refractivity contribution >= 4 is 10.8 Å². The van der Waals surface area contributed by atoms with Gasteiger partial charge in [-0.3, -0.25) is 0 Å². The fraction of sp³-hybridized carbons (Fsp3) is 0.0952. The van der Waals surface area contributed by atoms with Crippen LogP contribution < -0.4 is 4.74 Å². The first-order valence-electron chi connectivity index (χ1n) is 8.03. The molecule has 0 saturated carbocycles. The maximum Gasteiger partial charge on any atom is 0.173 e. The zero-order valence-electron chi connectivity index (χ0n) is 13.8. The zero-order valence-corrected chi connectivity index (χ0v) is 13.8. The lowest BCUT2D eigenvalue weighted by Gasteiger charge is -2.04. The van der Waals surface area contributed by atoms with E-state index in [4.69, 9.17) is 9.26 Å². The Kier molecular flexibility index (Phi) is 3.96. The summed E-state index contributed by atoms with van der Waals surface area (Å²) in [7, 11) is 1.63. The van der Waals surface area contributed by atoms with Gasteiger partial charge in [0.25, 0.3) is 0 Å². The van der Waals surface area contributed by atoms with Crippen LogP contribution in [0.2, 0.25) is 0 Å². The maximum absolute atomic E-state index is 9.90. The molecule has 0 unspecified atom stereocenters. The third kappa shape index (κ3) is 2.77. The van der Waals surface area contributed by atoms with Crippen molar-refractivity contribution in [2.24, 2.45) is 0 Å². The first-order chi connectivity index (χ1) is 12.3. The van der Waals surface area contributed by atoms with E-state index in [1.54, 1.807) is 7.11 Å². The van der Waals surface area contributed by atoms with Crippen molar-refractivity contribution in [2.75, 3.05) is 7.11 Å². The molecule has 4 nitrogen and oxygen atoms in total. The molecular formula is C21H17NO3. The van der Waals surface area contributed by atoms with Crippen LogP contribution in [0.5, 0.6) is 5.75 Å². The van der Waals surface area contributed by atoms with Gasteiger partial charge in [0.05, 0.1) is 19.3 Å². The van der Waals surface area contributed by atoms with E-state index < -0.39 is 0 Å². The van der Waals surface area contributed by atoms with E-state index in [1.807, 2.05) is 48.5 Å². The van der Waals surface area contributed by atoms with E-state index in [1.165, 1.54) is 0 Å². The fourth-order valence-electron chi connectivity index (χ4n) is 2.99. The molecule has 25 heavy (non-hydrogen) atoms. The van der Waals surface area contributed by atoms with Crippen molar-refractivity contribution in [1.29, 1.82) is 0 Å². The lowest BCUT2D eigenvalue weighted by Crippen LogP contribution is -1.90. The number of hydrogen-bond acceptors (Lipinski definition) is 4. The van der Waals surface area contributed by atoms with E-state index in [2.05, 4.69) is 23.4 Å². The molecule has 0 aliphatic heterocycles. The Balaban J connectivity index is 1.80. The van der Waals surface area contributed by atoms with Crippen LogP contribution in [0.25, 0.3) is 33.4 Å². The van der Waals surface area contributed by atoms with Crippen molar-refractivity contribution in [3.05, 3.63) is 72.3 Å². The van der Waals surface area contributed by atoms with Crippen LogP contribution in [-0.2, 0) is 6.61 Å². The number of aromatic nitrogens is 1. The van der Waals surface area contributed by atoms with Crippen molar-refractivity contribution in [3.63, 3.8) is 0 Å². The number of benzene rings is 3. The highest BCUT2D eigenvalue weighted by Gasteiger charge is 2.18. The number of ether oxygens (including phenoxy) is 1. The zero-order chi connectivity index (χ0) is 17.2. The van der Waals surface area contributed by atoms with Gasteiger partial charge in [-0.25, -0.2) is 0 Å². The second-order valence-corrected chi connectivity index (χ2v) is 5.79. The maximum atomic E-state index is 9.90. The van der Waals surface area contributed by atoms with Gasteiger partial charge in [0.15, 0.2) is 5.76 Å². The standard InChI is InChI=1S/C21H17NO3/c1-24-18-10-8-15(9-11-18)21-19(13-23)20(22-25-21)17-7-6-14-4-2-3-5-16(14)12-17/h2-12,23H,13H2,1H3. The lowest BCUT2D eigenvalue weighted by molar-refractivity contribution is 0.281. The van der Waals surface area contributed by atoms with Crippen LogP contribution in [0.3, 0.4) is 0 Å². The molecule has 3 aromatic carbocycles. The van der Waals surface area contributed by atoms with Gasteiger partial charge in [0.1, 0.15) is 11.4 Å². The quantitative estimate of drug-likeness (QED) is 0.591. The molecule has 1 heterocycles. The molecule has 0 spiro atoms. The third-order valence-corrected chi connectivity index (χ3v) is 4.32. The molecule has 4 heteroatoms. The first kappa shape index (κ1) is 15.4. The van der Waals surface area contributed by atoms with E-state index in [-0.39, 0.29) is 6.61 Å². The molecule has 1 aromatic heterocycles. The summed E-state index contributed by atoms with van der Waals surface area (Å²) < 4.78 is 10.7. The SMILES string of the molecule is COc1ccc(-c2onc(-c3ccc4ccccc4c3)c2CO)cc1. The Morgan fingerprint density at radius 3 is 2.36 bits per heavy atom. The van der Waals surface area contributed by atoms with E-state index in [0.29, 0.717) is 17.0 Å². The summed E-state index contributed by atoms with van der Waals surface area (Å²) in [5, 5.41) is 16.4. The van der Waals surface area contributed by atoms with Crippen molar-refractivity contribution in [3.8, 4) is 28.3 Å². The van der Waals surface area contributed by atoms with Crippen molar-refractivity contribution in [1.82, 2.24) is 5.16 Å². The molecule has 0 radical (unpaired) electrons. The molecule has 0 fully saturated rings. The number of aliphatic hydroxyl groups is 1. The van der Waals surface area contributed by atoms with Gasteiger partial charge in [-0.15, -0.1) is 0 Å². The molecule has 1 N–H and O–H groups in total. The van der Waals surface area contributed by atoms with E-state index >= 15 is 0 Å². The van der Waals surface area contributed by atoms with Crippen LogP contribution in [0.4, 0.5) is 0 Å². The summed E-state index contributed by atoms with van der Waals surface area (Å²) in [6, 6.07) is 21.7. The van der Waals surface area contributed by atoms with E-state index in [9.17, 15) is 5.11 Å². The second kappa shape index (κ2) is 6.42. The highest BCUT2D eigenvalue weighted by atomic mass is 16.5. The third-order valence-electron chi connectivity index (χ3n) is 4.32. The molecule has 0 atom stereocenters. The van der Waals surface area contributed by atoms with Crippen LogP contribution in [0.15, 0.2) is 71.3 Å². The van der Waals surface area contributed by atoms with Gasteiger partial charge >= 0.3 is 0 Å². The number of nitrogens with zero attached hydrogens (tertiary/aromatic N) is 1. The Bertz CT molecular complexity index is 1020. The highest BCUT2D eigenvalue weighted by molar-refractivity contribution is 5.87. The molecule has 0 aliphatic rings. The number of aliphatic hydroxyl groups excluding tert-OH is 1. The lowest BCUT2D eigenvalue weighted by atomic mass is 10.0. The monoisotopic (exact) mass is 331 g/mol. The van der Waals surface area contributed by atoms with Gasteiger partial charge in [-0.2, -0.15) is 0 Å². The van der Waals surface area contributed by atoms with Crippen LogP contribution >= 0.6 is 0 Å². The minimum atomic E-state index is -0.146. The summed E-state index contributed by atoms with van der Waals surface area (Å²) in [5.74, 6) is 1.34. The molecule has 4 rings (SSSR count). The smallest absolute Gasteiger partial charge is 0.173 e. The second-order valence-electron chi connectivity index (χ2n) is 5.79. The summed E-state index contributed by atoms with van der Waals surface area (Å²) >= 11 is 0. The molecule has 4 aromatic rings. The topological polar surface area (TPSA) is 55.5 Å². The largest absolute Gasteiger partial charge is 0.497 e. The molecule has 0 aliphatic carbocycles. The Morgan fingerprint density at radius 1 is 0.920 bits per heavy atom. The normalized spacial score (nSPS) is 11.0. The average Bonchev–Trinajstić information content (AvgIpc) is 3.11. The van der Waals surface area contributed by atoms with Gasteiger partial charge < -0.3 is 14.4 Å². The number of methoxy groups -OCH3 is 1. The summed E-state index contributed by atoms with van der Waals surface area (Å²) in [6.45, 7) is -0.146. The van der Waals surface area contributed by atoms with Crippen molar-refractivity contribution in [2.45, 2.75) is 6.61 Å². The van der Waals surface area contributed by atoms with E-state index in [0.717, 1.165) is 27.6 Å². The number of hydrogen-bond donors (Lipinski definition) is 1. The van der Waals surface area contributed by atoms with Gasteiger partial charge in [-0.1, -0.05) is 41.6 Å².